The topological polar surface area (TPSA) is 85.5 Å². The van der Waals surface area contributed by atoms with Crippen LogP contribution in [0, 0.1) is 11.3 Å². The summed E-state index contributed by atoms with van der Waals surface area (Å²) in [5, 5.41) is 30.8. The third kappa shape index (κ3) is 3.67. The number of benzene rings is 1. The summed E-state index contributed by atoms with van der Waals surface area (Å²) in [6, 6.07) is 7.40. The van der Waals surface area contributed by atoms with E-state index in [-0.39, 0.29) is 13.2 Å². The molecule has 0 bridgehead atoms. The number of nitrogens with zero attached hydrogens (tertiary/aromatic N) is 1. The molecule has 104 valence electrons. The fourth-order valence-corrected chi connectivity index (χ4v) is 1.75. The fourth-order valence-electron chi connectivity index (χ4n) is 1.75. The smallest absolute Gasteiger partial charge is 0.136 e. The zero-order chi connectivity index (χ0) is 14.3. The van der Waals surface area contributed by atoms with Crippen LogP contribution in [0.15, 0.2) is 18.2 Å². The van der Waals surface area contributed by atoms with E-state index >= 15 is 0 Å². The van der Waals surface area contributed by atoms with Crippen molar-refractivity contribution in [1.29, 1.82) is 5.26 Å². The van der Waals surface area contributed by atoms with E-state index in [1.807, 2.05) is 13.0 Å². The van der Waals surface area contributed by atoms with E-state index in [0.29, 0.717) is 24.3 Å². The zero-order valence-corrected chi connectivity index (χ0v) is 11.3. The third-order valence-corrected chi connectivity index (χ3v) is 3.33. The minimum Gasteiger partial charge on any atom is -0.495 e. The van der Waals surface area contributed by atoms with Gasteiger partial charge in [0.25, 0.3) is 0 Å². The van der Waals surface area contributed by atoms with Crippen molar-refractivity contribution in [3.8, 4) is 11.8 Å². The Morgan fingerprint density at radius 1 is 1.37 bits per heavy atom. The van der Waals surface area contributed by atoms with Gasteiger partial charge in [-0.25, -0.2) is 0 Å². The molecule has 0 aliphatic rings. The number of rotatable bonds is 7. The highest BCUT2D eigenvalue weighted by Crippen LogP contribution is 2.19. The zero-order valence-electron chi connectivity index (χ0n) is 11.3. The number of ether oxygens (including phenoxy) is 1. The van der Waals surface area contributed by atoms with E-state index in [4.69, 9.17) is 10.00 Å². The van der Waals surface area contributed by atoms with E-state index in [1.54, 1.807) is 12.1 Å². The monoisotopic (exact) mass is 264 g/mol. The lowest BCUT2D eigenvalue weighted by Crippen LogP contribution is -2.50. The molecule has 5 heteroatoms. The van der Waals surface area contributed by atoms with Crippen LogP contribution in [-0.4, -0.2) is 36.1 Å². The molecule has 19 heavy (non-hydrogen) atoms. The van der Waals surface area contributed by atoms with Gasteiger partial charge in [0.1, 0.15) is 11.8 Å². The van der Waals surface area contributed by atoms with Crippen LogP contribution in [0.5, 0.6) is 5.75 Å². The van der Waals surface area contributed by atoms with Gasteiger partial charge in [-0.05, 0) is 24.1 Å². The Kier molecular flexibility index (Phi) is 5.77. The number of aliphatic hydroxyl groups excluding tert-OH is 2. The number of nitriles is 1. The van der Waals surface area contributed by atoms with Crippen molar-refractivity contribution in [2.24, 2.45) is 0 Å². The summed E-state index contributed by atoms with van der Waals surface area (Å²) in [6.45, 7) is 2.09. The molecule has 0 saturated carbocycles. The predicted octanol–water partition coefficient (Wildman–Crippen LogP) is 0.790. The Bertz CT molecular complexity index is 442. The molecule has 1 aromatic carbocycles. The van der Waals surface area contributed by atoms with Gasteiger partial charge in [0.2, 0.25) is 0 Å². The van der Waals surface area contributed by atoms with E-state index in [2.05, 4.69) is 11.4 Å². The average molecular weight is 264 g/mol. The molecule has 0 fully saturated rings. The highest BCUT2D eigenvalue weighted by molar-refractivity contribution is 5.45. The van der Waals surface area contributed by atoms with Crippen molar-refractivity contribution < 1.29 is 14.9 Å². The Labute approximate surface area is 113 Å². The second kappa shape index (κ2) is 7.10. The number of aliphatic hydroxyl groups is 2. The molecular formula is C14H20N2O3. The van der Waals surface area contributed by atoms with Crippen LogP contribution in [0.25, 0.3) is 0 Å². The maximum absolute atomic E-state index is 9.34. The minimum absolute atomic E-state index is 0.138. The van der Waals surface area contributed by atoms with Crippen molar-refractivity contribution >= 4 is 0 Å². The summed E-state index contributed by atoms with van der Waals surface area (Å²) in [5.41, 5.74) is 0.682. The number of hydrogen-bond acceptors (Lipinski definition) is 5. The van der Waals surface area contributed by atoms with Gasteiger partial charge in [-0.1, -0.05) is 13.0 Å². The molecule has 1 aromatic rings. The molecule has 0 amide bonds. The highest BCUT2D eigenvalue weighted by atomic mass is 16.5. The second-order valence-electron chi connectivity index (χ2n) is 4.45. The second-order valence-corrected chi connectivity index (χ2v) is 4.45. The van der Waals surface area contributed by atoms with Crippen molar-refractivity contribution in [1.82, 2.24) is 5.32 Å². The van der Waals surface area contributed by atoms with Crippen LogP contribution in [0.2, 0.25) is 0 Å². The summed E-state index contributed by atoms with van der Waals surface area (Å²) in [6.07, 6.45) is 0.612. The molecular weight excluding hydrogens is 244 g/mol. The summed E-state index contributed by atoms with van der Waals surface area (Å²) in [5.74, 6) is 0.539. The van der Waals surface area contributed by atoms with Crippen LogP contribution < -0.4 is 10.1 Å². The normalized spacial score (nSPS) is 11.1. The quantitative estimate of drug-likeness (QED) is 0.678. The van der Waals surface area contributed by atoms with Gasteiger partial charge in [-0.15, -0.1) is 0 Å². The standard InChI is InChI=1S/C14H20N2O3/c1-3-14(9-17,10-18)16-8-11-4-5-13(19-2)12(6-11)7-15/h4-6,16-18H,3,8-10H2,1-2H3. The Hall–Kier alpha value is -1.61. The first-order valence-electron chi connectivity index (χ1n) is 6.18. The predicted molar refractivity (Wildman–Crippen MR) is 71.7 cm³/mol. The van der Waals surface area contributed by atoms with Crippen molar-refractivity contribution in [3.63, 3.8) is 0 Å². The van der Waals surface area contributed by atoms with E-state index in [0.717, 1.165) is 5.56 Å². The van der Waals surface area contributed by atoms with Crippen LogP contribution in [0.1, 0.15) is 24.5 Å². The van der Waals surface area contributed by atoms with Gasteiger partial charge in [0.05, 0.1) is 31.4 Å². The maximum atomic E-state index is 9.34. The van der Waals surface area contributed by atoms with E-state index in [9.17, 15) is 10.2 Å². The summed E-state index contributed by atoms with van der Waals surface area (Å²) >= 11 is 0. The summed E-state index contributed by atoms with van der Waals surface area (Å²) in [4.78, 5) is 0. The Balaban J connectivity index is 2.81. The molecule has 0 saturated heterocycles. The average Bonchev–Trinajstić information content (AvgIpc) is 2.49. The molecule has 0 atom stereocenters. The van der Waals surface area contributed by atoms with Crippen molar-refractivity contribution in [2.45, 2.75) is 25.4 Å². The minimum atomic E-state index is -0.688. The molecule has 0 radical (unpaired) electrons. The lowest BCUT2D eigenvalue weighted by molar-refractivity contribution is 0.0864. The van der Waals surface area contributed by atoms with Gasteiger partial charge < -0.3 is 20.3 Å². The molecule has 0 spiro atoms. The van der Waals surface area contributed by atoms with Gasteiger partial charge in [0, 0.05) is 6.54 Å². The van der Waals surface area contributed by atoms with Gasteiger partial charge >= 0.3 is 0 Å². The molecule has 0 aliphatic carbocycles. The van der Waals surface area contributed by atoms with Crippen LogP contribution in [0.4, 0.5) is 0 Å². The SMILES string of the molecule is CCC(CO)(CO)NCc1ccc(OC)c(C#N)c1. The highest BCUT2D eigenvalue weighted by Gasteiger charge is 2.25. The largest absolute Gasteiger partial charge is 0.495 e. The Morgan fingerprint density at radius 3 is 2.53 bits per heavy atom. The number of methoxy groups -OCH3 is 1. The lowest BCUT2D eigenvalue weighted by Gasteiger charge is -2.30. The van der Waals surface area contributed by atoms with Crippen LogP contribution >= 0.6 is 0 Å². The first-order chi connectivity index (χ1) is 9.14. The molecule has 0 aliphatic heterocycles. The maximum Gasteiger partial charge on any atom is 0.136 e. The number of nitrogens with one attached hydrogen (secondary N) is 1. The van der Waals surface area contributed by atoms with Gasteiger partial charge in [0.15, 0.2) is 0 Å². The molecule has 1 rings (SSSR count). The van der Waals surface area contributed by atoms with E-state index < -0.39 is 5.54 Å². The van der Waals surface area contributed by atoms with Crippen LogP contribution in [-0.2, 0) is 6.54 Å². The fraction of sp³-hybridized carbons (Fsp3) is 0.500. The molecule has 0 unspecified atom stereocenters. The number of hydrogen-bond donors (Lipinski definition) is 3. The molecule has 0 aromatic heterocycles. The van der Waals surface area contributed by atoms with Crippen molar-refractivity contribution in [3.05, 3.63) is 29.3 Å². The van der Waals surface area contributed by atoms with Gasteiger partial charge in [-0.3, -0.25) is 0 Å². The molecule has 3 N–H and O–H groups in total. The first kappa shape index (κ1) is 15.4. The molecule has 5 nitrogen and oxygen atoms in total. The van der Waals surface area contributed by atoms with Gasteiger partial charge in [-0.2, -0.15) is 5.26 Å². The van der Waals surface area contributed by atoms with Crippen molar-refractivity contribution in [2.75, 3.05) is 20.3 Å². The summed E-state index contributed by atoms with van der Waals surface area (Å²) in [7, 11) is 1.52. The summed E-state index contributed by atoms with van der Waals surface area (Å²) < 4.78 is 5.08. The Morgan fingerprint density at radius 2 is 2.05 bits per heavy atom. The lowest BCUT2D eigenvalue weighted by atomic mass is 9.98. The first-order valence-corrected chi connectivity index (χ1v) is 6.18. The van der Waals surface area contributed by atoms with Crippen LogP contribution in [0.3, 0.4) is 0 Å². The van der Waals surface area contributed by atoms with E-state index in [1.165, 1.54) is 7.11 Å². The molecule has 0 heterocycles. The third-order valence-electron chi connectivity index (χ3n) is 3.33.